The van der Waals surface area contributed by atoms with Crippen LogP contribution in [0.25, 0.3) is 0 Å². The van der Waals surface area contributed by atoms with Crippen LogP contribution >= 0.6 is 0 Å². The number of carbonyl (C=O) groups is 3. The van der Waals surface area contributed by atoms with Gasteiger partial charge in [0.15, 0.2) is 5.78 Å². The Bertz CT molecular complexity index is 987. The summed E-state index contributed by atoms with van der Waals surface area (Å²) in [4.78, 5) is 43.5. The van der Waals surface area contributed by atoms with Crippen molar-refractivity contribution in [2.24, 2.45) is 5.92 Å². The Hall–Kier alpha value is -2.33. The van der Waals surface area contributed by atoms with Gasteiger partial charge in [0.05, 0.1) is 13.2 Å². The highest BCUT2D eigenvalue weighted by Gasteiger charge is 2.53. The molecule has 9 heteroatoms. The first-order valence-corrected chi connectivity index (χ1v) is 14.2. The molecule has 1 aromatic rings. The topological polar surface area (TPSA) is 108 Å². The van der Waals surface area contributed by atoms with E-state index in [4.69, 9.17) is 9.47 Å². The maximum atomic E-state index is 13.8. The van der Waals surface area contributed by atoms with E-state index < -0.39 is 24.3 Å². The van der Waals surface area contributed by atoms with E-state index in [0.717, 1.165) is 71.2 Å². The Morgan fingerprint density at radius 1 is 1.11 bits per heavy atom. The largest absolute Gasteiger partial charge is 0.388 e. The molecular formula is C29H41N3O6. The normalized spacial score (nSPS) is 27.9. The highest BCUT2D eigenvalue weighted by molar-refractivity contribution is 5.99. The predicted octanol–water partition coefficient (Wildman–Crippen LogP) is 1.73. The molecule has 1 saturated carbocycles. The maximum absolute atomic E-state index is 13.8. The standard InChI is InChI=1S/C29H41N3O6/c1-37-16-15-31-13-11-20(12-14-31)19-7-9-22(10-8-19)28(35)30-25(21-5-3-2-4-6-21)29(36)32-17-23(33)27-26(32)24(34)18-38-27/h7-10,20-21,23,25-27,33H,2-6,11-18H2,1H3,(H,30,35)/t23-,25+,26-,27-/m1/s1. The lowest BCUT2D eigenvalue weighted by Gasteiger charge is -2.34. The molecule has 5 rings (SSSR count). The third-order valence-corrected chi connectivity index (χ3v) is 8.96. The third-order valence-electron chi connectivity index (χ3n) is 8.96. The number of fused-ring (bicyclic) bond motifs is 1. The van der Waals surface area contributed by atoms with Crippen molar-refractivity contribution >= 4 is 17.6 Å². The van der Waals surface area contributed by atoms with E-state index in [9.17, 15) is 19.5 Å². The van der Waals surface area contributed by atoms with Crippen molar-refractivity contribution < 1.29 is 29.0 Å². The van der Waals surface area contributed by atoms with Gasteiger partial charge in [0.25, 0.3) is 5.91 Å². The van der Waals surface area contributed by atoms with Gasteiger partial charge < -0.3 is 29.7 Å². The van der Waals surface area contributed by atoms with Crippen LogP contribution in [-0.2, 0) is 19.1 Å². The molecular weight excluding hydrogens is 486 g/mol. The van der Waals surface area contributed by atoms with Gasteiger partial charge >= 0.3 is 0 Å². The molecule has 2 amide bonds. The number of ketones is 1. The Balaban J connectivity index is 1.25. The Kier molecular flexibility index (Phi) is 8.77. The Morgan fingerprint density at radius 2 is 1.82 bits per heavy atom. The highest BCUT2D eigenvalue weighted by Crippen LogP contribution is 2.33. The van der Waals surface area contributed by atoms with Crippen molar-refractivity contribution in [1.29, 1.82) is 0 Å². The minimum atomic E-state index is -0.891. The van der Waals surface area contributed by atoms with Gasteiger partial charge in [-0.25, -0.2) is 0 Å². The summed E-state index contributed by atoms with van der Waals surface area (Å²) in [5, 5.41) is 13.4. The van der Waals surface area contributed by atoms with Gasteiger partial charge in [0, 0.05) is 19.2 Å². The molecule has 0 unspecified atom stereocenters. The Morgan fingerprint density at radius 3 is 2.50 bits per heavy atom. The minimum absolute atomic E-state index is 0.0105. The molecule has 0 aromatic heterocycles. The number of ether oxygens (including phenoxy) is 2. The summed E-state index contributed by atoms with van der Waals surface area (Å²) in [5.74, 6) is -0.263. The van der Waals surface area contributed by atoms with E-state index in [1.165, 1.54) is 10.5 Å². The van der Waals surface area contributed by atoms with Gasteiger partial charge in [0.1, 0.15) is 30.9 Å². The lowest BCUT2D eigenvalue weighted by Crippen LogP contribution is -2.55. The molecule has 4 aliphatic rings. The van der Waals surface area contributed by atoms with E-state index in [1.54, 1.807) is 7.11 Å². The first-order valence-electron chi connectivity index (χ1n) is 14.2. The number of hydrogen-bond donors (Lipinski definition) is 2. The molecule has 0 spiro atoms. The number of amides is 2. The zero-order chi connectivity index (χ0) is 26.6. The summed E-state index contributed by atoms with van der Waals surface area (Å²) < 4.78 is 10.6. The number of hydrogen-bond acceptors (Lipinski definition) is 7. The number of methoxy groups -OCH3 is 1. The third kappa shape index (κ3) is 5.81. The number of β-amino-alcohol motifs (C(OH)–C–C–N with tert-alkyl or cyclic N) is 1. The molecule has 0 radical (unpaired) electrons. The van der Waals surface area contributed by atoms with E-state index >= 15 is 0 Å². The number of aliphatic hydroxyl groups is 1. The number of nitrogens with one attached hydrogen (secondary N) is 1. The molecule has 1 aromatic carbocycles. The zero-order valence-corrected chi connectivity index (χ0v) is 22.3. The van der Waals surface area contributed by atoms with E-state index in [0.29, 0.717) is 11.5 Å². The molecule has 0 bridgehead atoms. The van der Waals surface area contributed by atoms with Crippen molar-refractivity contribution in [3.05, 3.63) is 35.4 Å². The van der Waals surface area contributed by atoms with Crippen molar-refractivity contribution in [1.82, 2.24) is 15.1 Å². The molecule has 4 atom stereocenters. The van der Waals surface area contributed by atoms with Crippen LogP contribution in [0, 0.1) is 5.92 Å². The van der Waals surface area contributed by atoms with Gasteiger partial charge in [0.2, 0.25) is 5.91 Å². The zero-order valence-electron chi connectivity index (χ0n) is 22.3. The maximum Gasteiger partial charge on any atom is 0.251 e. The van der Waals surface area contributed by atoms with E-state index in [1.807, 2.05) is 24.3 Å². The summed E-state index contributed by atoms with van der Waals surface area (Å²) in [7, 11) is 1.73. The molecule has 1 aliphatic carbocycles. The molecule has 4 fully saturated rings. The van der Waals surface area contributed by atoms with Gasteiger partial charge in [-0.05, 0) is 68.3 Å². The molecule has 3 heterocycles. The second kappa shape index (κ2) is 12.2. The second-order valence-corrected chi connectivity index (χ2v) is 11.3. The molecule has 3 aliphatic heterocycles. The van der Waals surface area contributed by atoms with Crippen LogP contribution in [0.5, 0.6) is 0 Å². The SMILES string of the molecule is COCCN1CCC(c2ccc(C(=O)N[C@H](C(=O)N3C[C@@H](O)[C@H]4OCC(=O)[C@H]43)C3CCCCC3)cc2)CC1. The van der Waals surface area contributed by atoms with Crippen molar-refractivity contribution in [2.75, 3.05) is 46.5 Å². The molecule has 9 nitrogen and oxygen atoms in total. The Labute approximate surface area is 224 Å². The number of piperidine rings is 1. The van der Waals surface area contributed by atoms with Crippen LogP contribution in [0.4, 0.5) is 0 Å². The van der Waals surface area contributed by atoms with Crippen LogP contribution in [0.1, 0.15) is 66.8 Å². The molecule has 3 saturated heterocycles. The number of likely N-dealkylation sites (tertiary alicyclic amines) is 2. The van der Waals surface area contributed by atoms with Crippen molar-refractivity contribution in [3.63, 3.8) is 0 Å². The first kappa shape index (κ1) is 27.2. The predicted molar refractivity (Wildman–Crippen MR) is 141 cm³/mol. The van der Waals surface area contributed by atoms with Crippen LogP contribution in [0.3, 0.4) is 0 Å². The fourth-order valence-electron chi connectivity index (χ4n) is 6.73. The number of Topliss-reactive ketones (excluding diaryl/α,β-unsaturated/α-hetero) is 1. The number of nitrogens with zero attached hydrogens (tertiary/aromatic N) is 2. The van der Waals surface area contributed by atoms with Gasteiger partial charge in [-0.2, -0.15) is 0 Å². The number of aliphatic hydroxyl groups excluding tert-OH is 1. The van der Waals surface area contributed by atoms with E-state index in [-0.39, 0.29) is 36.7 Å². The average Bonchev–Trinajstić information content (AvgIpc) is 3.51. The fourth-order valence-corrected chi connectivity index (χ4v) is 6.73. The number of benzene rings is 1. The van der Waals surface area contributed by atoms with Crippen LogP contribution < -0.4 is 5.32 Å². The second-order valence-electron chi connectivity index (χ2n) is 11.3. The number of carbonyl (C=O) groups excluding carboxylic acids is 3. The monoisotopic (exact) mass is 527 g/mol. The average molecular weight is 528 g/mol. The van der Waals surface area contributed by atoms with Gasteiger partial charge in [-0.3, -0.25) is 14.4 Å². The summed E-state index contributed by atoms with van der Waals surface area (Å²) in [6.07, 6.45) is 5.46. The van der Waals surface area contributed by atoms with Gasteiger partial charge in [-0.15, -0.1) is 0 Å². The smallest absolute Gasteiger partial charge is 0.251 e. The van der Waals surface area contributed by atoms with Gasteiger partial charge in [-0.1, -0.05) is 31.4 Å². The summed E-state index contributed by atoms with van der Waals surface area (Å²) >= 11 is 0. The van der Waals surface area contributed by atoms with E-state index in [2.05, 4.69) is 10.2 Å². The van der Waals surface area contributed by atoms with Crippen molar-refractivity contribution in [3.8, 4) is 0 Å². The summed E-state index contributed by atoms with van der Waals surface area (Å²) in [5.41, 5.74) is 1.77. The van der Waals surface area contributed by atoms with Crippen LogP contribution in [0.2, 0.25) is 0 Å². The minimum Gasteiger partial charge on any atom is -0.388 e. The molecule has 38 heavy (non-hydrogen) atoms. The van der Waals surface area contributed by atoms with Crippen molar-refractivity contribution in [2.45, 2.75) is 75.2 Å². The van der Waals surface area contributed by atoms with Crippen LogP contribution in [-0.4, -0.2) is 103 Å². The summed E-state index contributed by atoms with van der Waals surface area (Å²) in [6.45, 7) is 3.77. The van der Waals surface area contributed by atoms with Crippen LogP contribution in [0.15, 0.2) is 24.3 Å². The lowest BCUT2D eigenvalue weighted by atomic mass is 9.83. The lowest BCUT2D eigenvalue weighted by molar-refractivity contribution is -0.139. The first-order chi connectivity index (χ1) is 18.5. The molecule has 2 N–H and O–H groups in total. The highest BCUT2D eigenvalue weighted by atomic mass is 16.5. The fraction of sp³-hybridized carbons (Fsp3) is 0.690. The quantitative estimate of drug-likeness (QED) is 0.530. The summed E-state index contributed by atoms with van der Waals surface area (Å²) in [6, 6.07) is 6.30. The molecule has 208 valence electrons. The number of rotatable bonds is 8.